The van der Waals surface area contributed by atoms with Gasteiger partial charge in [0, 0.05) is 50.5 Å². The Bertz CT molecular complexity index is 590. The second-order valence-corrected chi connectivity index (χ2v) is 6.65. The lowest BCUT2D eigenvalue weighted by molar-refractivity contribution is -0.114. The minimum atomic E-state index is -0.124. The van der Waals surface area contributed by atoms with E-state index in [0.29, 0.717) is 11.4 Å². The van der Waals surface area contributed by atoms with Crippen molar-refractivity contribution in [1.82, 2.24) is 9.80 Å². The van der Waals surface area contributed by atoms with Crippen LogP contribution in [0.1, 0.15) is 32.6 Å². The van der Waals surface area contributed by atoms with E-state index < -0.39 is 0 Å². The van der Waals surface area contributed by atoms with Crippen LogP contribution < -0.4 is 10.6 Å². The highest BCUT2D eigenvalue weighted by Gasteiger charge is 2.27. The Labute approximate surface area is 143 Å². The van der Waals surface area contributed by atoms with E-state index in [9.17, 15) is 9.59 Å². The Morgan fingerprint density at radius 1 is 1.00 bits per heavy atom. The summed E-state index contributed by atoms with van der Waals surface area (Å²) >= 11 is 0. The number of hydrogen-bond donors (Lipinski definition) is 2. The molecule has 6 heteroatoms. The molecule has 24 heavy (non-hydrogen) atoms. The zero-order chi connectivity index (χ0) is 16.9. The van der Waals surface area contributed by atoms with E-state index in [4.69, 9.17) is 0 Å². The molecular formula is C18H26N4O2. The maximum absolute atomic E-state index is 12.4. The molecule has 2 N–H and O–H groups in total. The standard InChI is InChI=1S/C18H26N4O2/c1-14(23)19-15-5-4-6-16(13-15)20-18(24)22-11-9-21(10-12-22)17-7-2-3-8-17/h4-6,13,17H,2-3,7-12H2,1H3,(H,19,23)(H,20,24). The van der Waals surface area contributed by atoms with Gasteiger partial charge >= 0.3 is 6.03 Å². The topological polar surface area (TPSA) is 64.7 Å². The minimum Gasteiger partial charge on any atom is -0.326 e. The summed E-state index contributed by atoms with van der Waals surface area (Å²) in [4.78, 5) is 28.0. The van der Waals surface area contributed by atoms with Gasteiger partial charge in [0.1, 0.15) is 0 Å². The van der Waals surface area contributed by atoms with Crippen molar-refractivity contribution >= 4 is 23.3 Å². The predicted octanol–water partition coefficient (Wildman–Crippen LogP) is 2.74. The molecule has 0 bridgehead atoms. The number of nitrogens with one attached hydrogen (secondary N) is 2. The molecule has 0 spiro atoms. The van der Waals surface area contributed by atoms with Gasteiger partial charge in [0.25, 0.3) is 0 Å². The first kappa shape index (κ1) is 16.8. The molecule has 1 heterocycles. The van der Waals surface area contributed by atoms with Crippen LogP contribution in [0.4, 0.5) is 16.2 Å². The number of piperazine rings is 1. The van der Waals surface area contributed by atoms with Crippen molar-refractivity contribution in [2.45, 2.75) is 38.6 Å². The third-order valence-electron chi connectivity index (χ3n) is 4.88. The number of anilines is 2. The molecule has 130 valence electrons. The molecule has 6 nitrogen and oxygen atoms in total. The highest BCUT2D eigenvalue weighted by Crippen LogP contribution is 2.24. The molecule has 2 aliphatic rings. The maximum Gasteiger partial charge on any atom is 0.321 e. The SMILES string of the molecule is CC(=O)Nc1cccc(NC(=O)N2CCN(C3CCCC3)CC2)c1. The van der Waals surface area contributed by atoms with Gasteiger partial charge in [0.05, 0.1) is 0 Å². The Hall–Kier alpha value is -2.08. The third kappa shape index (κ3) is 4.26. The average Bonchev–Trinajstić information content (AvgIpc) is 3.09. The molecule has 3 amide bonds. The molecule has 1 aromatic carbocycles. The van der Waals surface area contributed by atoms with Crippen molar-refractivity contribution in [2.24, 2.45) is 0 Å². The number of benzene rings is 1. The molecule has 0 radical (unpaired) electrons. The molecule has 1 aliphatic carbocycles. The quantitative estimate of drug-likeness (QED) is 0.896. The third-order valence-corrected chi connectivity index (χ3v) is 4.88. The molecule has 1 saturated heterocycles. The van der Waals surface area contributed by atoms with Crippen LogP contribution >= 0.6 is 0 Å². The number of carbonyl (C=O) groups is 2. The number of carbonyl (C=O) groups excluding carboxylic acids is 2. The fourth-order valence-electron chi connectivity index (χ4n) is 3.64. The smallest absolute Gasteiger partial charge is 0.321 e. The highest BCUT2D eigenvalue weighted by atomic mass is 16.2. The number of amides is 3. The highest BCUT2D eigenvalue weighted by molar-refractivity contribution is 5.92. The van der Waals surface area contributed by atoms with Crippen LogP contribution in [-0.4, -0.2) is 54.0 Å². The first-order chi connectivity index (χ1) is 11.6. The van der Waals surface area contributed by atoms with Gasteiger partial charge in [-0.25, -0.2) is 4.79 Å². The van der Waals surface area contributed by atoms with E-state index in [-0.39, 0.29) is 11.9 Å². The molecule has 3 rings (SSSR count). The van der Waals surface area contributed by atoms with Crippen molar-refractivity contribution in [3.63, 3.8) is 0 Å². The van der Waals surface area contributed by atoms with Gasteiger partial charge in [-0.05, 0) is 31.0 Å². The zero-order valence-corrected chi connectivity index (χ0v) is 14.3. The predicted molar refractivity (Wildman–Crippen MR) is 95.2 cm³/mol. The van der Waals surface area contributed by atoms with Gasteiger partial charge in [-0.15, -0.1) is 0 Å². The first-order valence-corrected chi connectivity index (χ1v) is 8.79. The molecule has 0 aromatic heterocycles. The second kappa shape index (κ2) is 7.66. The summed E-state index contributed by atoms with van der Waals surface area (Å²) in [6.07, 6.45) is 5.30. The summed E-state index contributed by atoms with van der Waals surface area (Å²) in [5, 5.41) is 5.65. The molecular weight excluding hydrogens is 304 g/mol. The van der Waals surface area contributed by atoms with E-state index in [2.05, 4.69) is 15.5 Å². The lowest BCUT2D eigenvalue weighted by Crippen LogP contribution is -2.52. The van der Waals surface area contributed by atoms with Crippen molar-refractivity contribution in [2.75, 3.05) is 36.8 Å². The Balaban J connectivity index is 1.51. The normalized spacial score (nSPS) is 19.3. The lowest BCUT2D eigenvalue weighted by Gasteiger charge is -2.38. The summed E-state index contributed by atoms with van der Waals surface area (Å²) < 4.78 is 0. The van der Waals surface area contributed by atoms with E-state index in [1.54, 1.807) is 12.1 Å². The van der Waals surface area contributed by atoms with Crippen LogP contribution in [0.3, 0.4) is 0 Å². The van der Waals surface area contributed by atoms with Crippen LogP contribution in [0.2, 0.25) is 0 Å². The van der Waals surface area contributed by atoms with Gasteiger partial charge in [-0.1, -0.05) is 18.9 Å². The van der Waals surface area contributed by atoms with Gasteiger partial charge in [-0.2, -0.15) is 0 Å². The summed E-state index contributed by atoms with van der Waals surface area (Å²) in [6.45, 7) is 4.94. The summed E-state index contributed by atoms with van der Waals surface area (Å²) in [5.74, 6) is -0.124. The minimum absolute atomic E-state index is 0.0685. The fourth-order valence-corrected chi connectivity index (χ4v) is 3.64. The van der Waals surface area contributed by atoms with Crippen molar-refractivity contribution in [3.05, 3.63) is 24.3 Å². The molecule has 1 aromatic rings. The summed E-state index contributed by atoms with van der Waals surface area (Å²) in [6, 6.07) is 7.88. The first-order valence-electron chi connectivity index (χ1n) is 8.79. The number of nitrogens with zero attached hydrogens (tertiary/aromatic N) is 2. The van der Waals surface area contributed by atoms with Crippen LogP contribution in [0.25, 0.3) is 0 Å². The summed E-state index contributed by atoms with van der Waals surface area (Å²) in [5.41, 5.74) is 1.39. The largest absolute Gasteiger partial charge is 0.326 e. The lowest BCUT2D eigenvalue weighted by atomic mass is 10.2. The number of hydrogen-bond acceptors (Lipinski definition) is 3. The van der Waals surface area contributed by atoms with Gasteiger partial charge in [0.2, 0.25) is 5.91 Å². The number of urea groups is 1. The monoisotopic (exact) mass is 330 g/mol. The van der Waals surface area contributed by atoms with Crippen molar-refractivity contribution in [1.29, 1.82) is 0 Å². The van der Waals surface area contributed by atoms with Crippen LogP contribution in [0, 0.1) is 0 Å². The molecule has 0 atom stereocenters. The average molecular weight is 330 g/mol. The molecule has 2 fully saturated rings. The van der Waals surface area contributed by atoms with Crippen LogP contribution in [0.15, 0.2) is 24.3 Å². The van der Waals surface area contributed by atoms with E-state index in [1.807, 2.05) is 17.0 Å². The zero-order valence-electron chi connectivity index (χ0n) is 14.3. The fraction of sp³-hybridized carbons (Fsp3) is 0.556. The summed E-state index contributed by atoms with van der Waals surface area (Å²) in [7, 11) is 0. The van der Waals surface area contributed by atoms with E-state index in [1.165, 1.54) is 32.6 Å². The van der Waals surface area contributed by atoms with Gasteiger partial charge in [0.15, 0.2) is 0 Å². The Kier molecular flexibility index (Phi) is 5.35. The molecule has 1 aliphatic heterocycles. The molecule has 0 unspecified atom stereocenters. The van der Waals surface area contributed by atoms with E-state index in [0.717, 1.165) is 32.2 Å². The Morgan fingerprint density at radius 2 is 1.62 bits per heavy atom. The maximum atomic E-state index is 12.4. The molecule has 1 saturated carbocycles. The van der Waals surface area contributed by atoms with Gasteiger partial charge < -0.3 is 15.5 Å². The van der Waals surface area contributed by atoms with E-state index >= 15 is 0 Å². The van der Waals surface area contributed by atoms with Crippen molar-refractivity contribution in [3.8, 4) is 0 Å². The van der Waals surface area contributed by atoms with Gasteiger partial charge in [-0.3, -0.25) is 9.69 Å². The van der Waals surface area contributed by atoms with Crippen LogP contribution in [-0.2, 0) is 4.79 Å². The van der Waals surface area contributed by atoms with Crippen LogP contribution in [0.5, 0.6) is 0 Å². The second-order valence-electron chi connectivity index (χ2n) is 6.65. The van der Waals surface area contributed by atoms with Crippen molar-refractivity contribution < 1.29 is 9.59 Å². The Morgan fingerprint density at radius 3 is 2.25 bits per heavy atom. The number of rotatable bonds is 3.